The van der Waals surface area contributed by atoms with E-state index in [0.29, 0.717) is 19.3 Å². The van der Waals surface area contributed by atoms with E-state index in [1.807, 2.05) is 20.8 Å². The van der Waals surface area contributed by atoms with Crippen LogP contribution in [-0.4, -0.2) is 33.2 Å². The van der Waals surface area contributed by atoms with Crippen LogP contribution in [0.2, 0.25) is 0 Å². The quantitative estimate of drug-likeness (QED) is 0.650. The summed E-state index contributed by atoms with van der Waals surface area (Å²) in [7, 11) is 0. The van der Waals surface area contributed by atoms with Gasteiger partial charge in [0.2, 0.25) is 0 Å². The largest absolute Gasteiger partial charge is 0.481 e. The second-order valence-electron chi connectivity index (χ2n) is 3.43. The van der Waals surface area contributed by atoms with Gasteiger partial charge >= 0.3 is 17.9 Å². The van der Waals surface area contributed by atoms with Gasteiger partial charge in [-0.3, -0.25) is 14.4 Å². The van der Waals surface area contributed by atoms with Crippen LogP contribution in [0.5, 0.6) is 0 Å². The Kier molecular flexibility index (Phi) is 30.7. The zero-order chi connectivity index (χ0) is 15.0. The molecule has 0 spiro atoms. The third-order valence-corrected chi connectivity index (χ3v) is 1.39. The molecule has 0 fully saturated rings. The molecule has 0 aliphatic rings. The van der Waals surface area contributed by atoms with Crippen LogP contribution in [0.4, 0.5) is 0 Å². The van der Waals surface area contributed by atoms with E-state index in [1.165, 1.54) is 0 Å². The highest BCUT2D eigenvalue weighted by molar-refractivity contribution is 6.92. The molecule has 3 N–H and O–H groups in total. The molecule has 1 atom stereocenters. The van der Waals surface area contributed by atoms with Crippen molar-refractivity contribution in [3.63, 3.8) is 0 Å². The van der Waals surface area contributed by atoms with E-state index >= 15 is 0 Å². The molecule has 6 nitrogen and oxygen atoms in total. The Hall–Kier alpha value is -1.16. The Morgan fingerprint density at radius 2 is 0.789 bits per heavy atom. The number of hydrogen-bond donors (Lipinski definition) is 3. The molecular weight excluding hydrogens is 271 g/mol. The lowest BCUT2D eigenvalue weighted by molar-refractivity contribution is -0.138. The van der Waals surface area contributed by atoms with Crippen molar-refractivity contribution in [2.24, 2.45) is 0 Å². The Balaban J connectivity index is -0.0000000865. The number of carboxylic acids is 3. The van der Waals surface area contributed by atoms with E-state index in [0.717, 1.165) is 19.3 Å². The smallest absolute Gasteiger partial charge is 0.303 e. The van der Waals surface area contributed by atoms with Gasteiger partial charge in [-0.1, -0.05) is 20.8 Å². The van der Waals surface area contributed by atoms with Gasteiger partial charge in [0, 0.05) is 19.3 Å². The molecule has 0 saturated carbocycles. The third kappa shape index (κ3) is 60.3. The van der Waals surface area contributed by atoms with Crippen LogP contribution in [-0.2, 0) is 14.4 Å². The minimum Gasteiger partial charge on any atom is -0.481 e. The first-order valence-electron chi connectivity index (χ1n) is 5.97. The zero-order valence-corrected chi connectivity index (χ0v) is 13.4. The molecular formula is C12H27O6P. The fourth-order valence-corrected chi connectivity index (χ4v) is 0.642. The average Bonchev–Trinajstić information content (AvgIpc) is 2.18. The summed E-state index contributed by atoms with van der Waals surface area (Å²) in [6, 6.07) is 0. The minimum absolute atomic E-state index is 0. The van der Waals surface area contributed by atoms with Gasteiger partial charge in [-0.2, -0.15) is 9.90 Å². The van der Waals surface area contributed by atoms with E-state index < -0.39 is 17.9 Å². The van der Waals surface area contributed by atoms with Gasteiger partial charge in [0.05, 0.1) is 0 Å². The van der Waals surface area contributed by atoms with E-state index in [2.05, 4.69) is 0 Å². The number of aliphatic carboxylic acids is 3. The number of carbonyl (C=O) groups is 3. The number of carboxylic acid groups (broad SMARTS) is 3. The number of hydrogen-bond acceptors (Lipinski definition) is 3. The van der Waals surface area contributed by atoms with Gasteiger partial charge in [-0.05, 0) is 19.3 Å². The van der Waals surface area contributed by atoms with E-state index in [9.17, 15) is 14.4 Å². The summed E-state index contributed by atoms with van der Waals surface area (Å²) >= 11 is 0. The minimum atomic E-state index is -0.711. The molecule has 0 heterocycles. The van der Waals surface area contributed by atoms with Crippen LogP contribution in [0.15, 0.2) is 0 Å². The summed E-state index contributed by atoms with van der Waals surface area (Å²) in [5.41, 5.74) is 0. The summed E-state index contributed by atoms with van der Waals surface area (Å²) in [5.74, 6) is -2.13. The molecule has 19 heavy (non-hydrogen) atoms. The lowest BCUT2D eigenvalue weighted by Crippen LogP contribution is -1.90. The maximum absolute atomic E-state index is 9.60. The van der Waals surface area contributed by atoms with Crippen molar-refractivity contribution in [2.45, 2.75) is 59.3 Å². The van der Waals surface area contributed by atoms with E-state index in [4.69, 9.17) is 15.3 Å². The van der Waals surface area contributed by atoms with E-state index in [-0.39, 0.29) is 9.90 Å². The Bertz CT molecular complexity index is 192. The first-order valence-corrected chi connectivity index (χ1v) is 5.97. The van der Waals surface area contributed by atoms with Crippen LogP contribution in [0.1, 0.15) is 59.3 Å². The molecule has 0 aromatic rings. The molecule has 0 saturated heterocycles. The lowest BCUT2D eigenvalue weighted by Gasteiger charge is -1.79. The van der Waals surface area contributed by atoms with Crippen LogP contribution < -0.4 is 0 Å². The molecule has 0 aliphatic heterocycles. The fourth-order valence-electron chi connectivity index (χ4n) is 0.642. The molecule has 0 aromatic carbocycles. The van der Waals surface area contributed by atoms with Crippen molar-refractivity contribution in [3.8, 4) is 0 Å². The van der Waals surface area contributed by atoms with Crippen LogP contribution in [0.25, 0.3) is 0 Å². The van der Waals surface area contributed by atoms with Gasteiger partial charge in [-0.25, -0.2) is 0 Å². The molecule has 0 bridgehead atoms. The van der Waals surface area contributed by atoms with Crippen LogP contribution >= 0.6 is 9.90 Å². The predicted molar refractivity (Wildman–Crippen MR) is 78.7 cm³/mol. The predicted octanol–water partition coefficient (Wildman–Crippen LogP) is 2.67. The monoisotopic (exact) mass is 298 g/mol. The first-order chi connectivity index (χ1) is 8.31. The van der Waals surface area contributed by atoms with Crippen LogP contribution in [0, 0.1) is 0 Å². The van der Waals surface area contributed by atoms with Gasteiger partial charge in [-0.15, -0.1) is 0 Å². The Morgan fingerprint density at radius 1 is 0.632 bits per heavy atom. The lowest BCUT2D eigenvalue weighted by atomic mass is 10.4. The van der Waals surface area contributed by atoms with Crippen LogP contribution in [0.3, 0.4) is 0 Å². The van der Waals surface area contributed by atoms with Crippen molar-refractivity contribution in [2.75, 3.05) is 0 Å². The van der Waals surface area contributed by atoms with Gasteiger partial charge in [0.1, 0.15) is 0 Å². The normalized spacial score (nSPS) is 7.74. The summed E-state index contributed by atoms with van der Waals surface area (Å²) in [4.78, 5) is 28.8. The molecule has 0 aromatic heterocycles. The fraction of sp³-hybridized carbons (Fsp3) is 0.750. The molecule has 0 amide bonds. The maximum atomic E-state index is 9.60. The second-order valence-corrected chi connectivity index (χ2v) is 3.43. The van der Waals surface area contributed by atoms with Crippen molar-refractivity contribution in [3.05, 3.63) is 0 Å². The number of rotatable bonds is 6. The summed E-state index contributed by atoms with van der Waals surface area (Å²) in [6.07, 6.45) is 3.07. The Labute approximate surface area is 117 Å². The van der Waals surface area contributed by atoms with Crippen molar-refractivity contribution in [1.29, 1.82) is 0 Å². The standard InChI is InChI=1S/3C4H8O2.H3P/c3*1-2-3-4(5)6;/h3*2-3H2,1H3,(H,5,6);1H3. The van der Waals surface area contributed by atoms with Gasteiger partial charge < -0.3 is 15.3 Å². The highest BCUT2D eigenvalue weighted by Gasteiger charge is 1.88. The summed E-state index contributed by atoms with van der Waals surface area (Å²) in [6.45, 7) is 5.52. The zero-order valence-electron chi connectivity index (χ0n) is 12.0. The molecule has 7 heteroatoms. The Morgan fingerprint density at radius 3 is 0.789 bits per heavy atom. The maximum Gasteiger partial charge on any atom is 0.303 e. The van der Waals surface area contributed by atoms with Crippen molar-refractivity contribution in [1.82, 2.24) is 0 Å². The average molecular weight is 298 g/mol. The topological polar surface area (TPSA) is 112 Å². The molecule has 116 valence electrons. The molecule has 0 rings (SSSR count). The summed E-state index contributed by atoms with van der Waals surface area (Å²) < 4.78 is 0. The second kappa shape index (κ2) is 22.1. The first kappa shape index (κ1) is 26.4. The third-order valence-electron chi connectivity index (χ3n) is 1.39. The molecule has 1 unspecified atom stereocenters. The highest BCUT2D eigenvalue weighted by atomic mass is 31.0. The van der Waals surface area contributed by atoms with Gasteiger partial charge in [0.15, 0.2) is 0 Å². The highest BCUT2D eigenvalue weighted by Crippen LogP contribution is 1.83. The van der Waals surface area contributed by atoms with Crippen molar-refractivity contribution >= 4 is 27.8 Å². The molecule has 0 aliphatic carbocycles. The SMILES string of the molecule is CCCC(=O)O.CCCC(=O)O.CCCC(=O)O.P. The van der Waals surface area contributed by atoms with E-state index in [1.54, 1.807) is 0 Å². The summed E-state index contributed by atoms with van der Waals surface area (Å²) in [5, 5.41) is 23.7. The molecule has 0 radical (unpaired) electrons. The van der Waals surface area contributed by atoms with Crippen molar-refractivity contribution < 1.29 is 29.7 Å². The van der Waals surface area contributed by atoms with Gasteiger partial charge in [0.25, 0.3) is 0 Å².